The van der Waals surface area contributed by atoms with E-state index in [1.165, 1.54) is 43.5 Å². The Hall–Kier alpha value is -2.05. The number of unbranched alkanes of at least 4 members (excludes halogenated alkanes) is 6. The number of esters is 2. The Balaban J connectivity index is 2.45. The van der Waals surface area contributed by atoms with Gasteiger partial charge in [0.15, 0.2) is 6.61 Å². The molecule has 0 bridgehead atoms. The molecule has 0 radical (unpaired) electrons. The lowest BCUT2D eigenvalue weighted by Gasteiger charge is -2.11. The summed E-state index contributed by atoms with van der Waals surface area (Å²) in [5, 5.41) is 0. The highest BCUT2D eigenvalue weighted by Gasteiger charge is 2.30. The predicted molar refractivity (Wildman–Crippen MR) is 91.1 cm³/mol. The van der Waals surface area contributed by atoms with E-state index in [9.17, 15) is 22.8 Å². The van der Waals surface area contributed by atoms with Crippen LogP contribution in [0, 0.1) is 0 Å². The number of hydrogen-bond donors (Lipinski definition) is 0. The molecular weight excluding hydrogens is 349 g/mol. The first-order chi connectivity index (χ1) is 12.3. The van der Waals surface area contributed by atoms with Crippen LogP contribution in [0.25, 0.3) is 0 Å². The van der Waals surface area contributed by atoms with E-state index in [-0.39, 0.29) is 17.7 Å². The molecule has 0 aliphatic carbocycles. The third-order valence-corrected chi connectivity index (χ3v) is 3.71. The van der Waals surface area contributed by atoms with Gasteiger partial charge >= 0.3 is 18.1 Å². The molecule has 0 saturated heterocycles. The van der Waals surface area contributed by atoms with Crippen LogP contribution >= 0.6 is 0 Å². The molecule has 0 fully saturated rings. The van der Waals surface area contributed by atoms with Gasteiger partial charge in [0.2, 0.25) is 0 Å². The Morgan fingerprint density at radius 1 is 0.846 bits per heavy atom. The summed E-state index contributed by atoms with van der Waals surface area (Å²) in [5.74, 6) is -1.94. The zero-order chi connectivity index (χ0) is 19.4. The molecule has 146 valence electrons. The zero-order valence-corrected chi connectivity index (χ0v) is 14.9. The second-order valence-corrected chi connectivity index (χ2v) is 5.99. The monoisotopic (exact) mass is 374 g/mol. The van der Waals surface area contributed by atoms with E-state index in [1.54, 1.807) is 0 Å². The lowest BCUT2D eigenvalue weighted by atomic mass is 10.1. The standard InChI is InChI=1S/C19H25F3O4/c1-2-3-4-5-6-7-10-13-25-17(23)15-11-8-9-12-16(15)18(24)26-14-19(20,21)22/h8-9,11-12H,2-7,10,13-14H2,1H3. The molecule has 0 amide bonds. The molecule has 0 unspecified atom stereocenters. The summed E-state index contributed by atoms with van der Waals surface area (Å²) in [4.78, 5) is 23.9. The van der Waals surface area contributed by atoms with E-state index >= 15 is 0 Å². The van der Waals surface area contributed by atoms with Gasteiger partial charge in [0, 0.05) is 0 Å². The fourth-order valence-electron chi connectivity index (χ4n) is 2.37. The Labute approximate surface area is 151 Å². The normalized spacial score (nSPS) is 11.2. The second kappa shape index (κ2) is 11.5. The number of carbonyl (C=O) groups excluding carboxylic acids is 2. The van der Waals surface area contributed by atoms with Crippen LogP contribution in [0.15, 0.2) is 24.3 Å². The lowest BCUT2D eigenvalue weighted by Crippen LogP contribution is -2.22. The molecule has 7 heteroatoms. The van der Waals surface area contributed by atoms with Gasteiger partial charge in [0.1, 0.15) is 0 Å². The van der Waals surface area contributed by atoms with Gasteiger partial charge in [0.25, 0.3) is 0 Å². The lowest BCUT2D eigenvalue weighted by molar-refractivity contribution is -0.161. The highest BCUT2D eigenvalue weighted by atomic mass is 19.4. The first kappa shape index (κ1) is 22.0. The first-order valence-corrected chi connectivity index (χ1v) is 8.85. The molecule has 0 N–H and O–H groups in total. The van der Waals surface area contributed by atoms with Gasteiger partial charge < -0.3 is 9.47 Å². The molecule has 26 heavy (non-hydrogen) atoms. The van der Waals surface area contributed by atoms with Crippen LogP contribution in [0.3, 0.4) is 0 Å². The molecule has 0 spiro atoms. The van der Waals surface area contributed by atoms with Crippen LogP contribution in [0.4, 0.5) is 13.2 Å². The Morgan fingerprint density at radius 2 is 1.35 bits per heavy atom. The number of ether oxygens (including phenoxy) is 2. The summed E-state index contributed by atoms with van der Waals surface area (Å²) in [5.41, 5.74) is -0.330. The maximum atomic E-state index is 12.2. The number of rotatable bonds is 11. The zero-order valence-electron chi connectivity index (χ0n) is 14.9. The van der Waals surface area contributed by atoms with Crippen molar-refractivity contribution < 1.29 is 32.2 Å². The third-order valence-electron chi connectivity index (χ3n) is 3.71. The number of alkyl halides is 3. The SMILES string of the molecule is CCCCCCCCCOC(=O)c1ccccc1C(=O)OCC(F)(F)F. The van der Waals surface area contributed by atoms with Crippen molar-refractivity contribution >= 4 is 11.9 Å². The average molecular weight is 374 g/mol. The van der Waals surface area contributed by atoms with E-state index in [2.05, 4.69) is 11.7 Å². The minimum Gasteiger partial charge on any atom is -0.462 e. The van der Waals surface area contributed by atoms with Crippen molar-refractivity contribution in [3.63, 3.8) is 0 Å². The first-order valence-electron chi connectivity index (χ1n) is 8.85. The van der Waals surface area contributed by atoms with Crippen molar-refractivity contribution in [3.8, 4) is 0 Å². The van der Waals surface area contributed by atoms with Crippen LogP contribution < -0.4 is 0 Å². The minimum atomic E-state index is -4.62. The van der Waals surface area contributed by atoms with Gasteiger partial charge in [-0.15, -0.1) is 0 Å². The van der Waals surface area contributed by atoms with Crippen LogP contribution in [0.1, 0.15) is 72.6 Å². The van der Waals surface area contributed by atoms with Crippen molar-refractivity contribution in [1.82, 2.24) is 0 Å². The van der Waals surface area contributed by atoms with E-state index in [1.807, 2.05) is 0 Å². The fraction of sp³-hybridized carbons (Fsp3) is 0.579. The van der Waals surface area contributed by atoms with Crippen molar-refractivity contribution in [3.05, 3.63) is 35.4 Å². The number of hydrogen-bond acceptors (Lipinski definition) is 4. The molecule has 0 aromatic heterocycles. The average Bonchev–Trinajstić information content (AvgIpc) is 2.61. The predicted octanol–water partition coefficient (Wildman–Crippen LogP) is 5.31. The minimum absolute atomic E-state index is 0.0948. The molecule has 1 aromatic rings. The molecule has 0 aliphatic rings. The third kappa shape index (κ3) is 8.87. The summed E-state index contributed by atoms with van der Waals surface area (Å²) in [6.45, 7) is 0.655. The van der Waals surface area contributed by atoms with Crippen molar-refractivity contribution in [2.75, 3.05) is 13.2 Å². The summed E-state index contributed by atoms with van der Waals surface area (Å²) in [6, 6.07) is 5.52. The van der Waals surface area contributed by atoms with Gasteiger partial charge in [0.05, 0.1) is 17.7 Å². The summed E-state index contributed by atoms with van der Waals surface area (Å²) < 4.78 is 45.8. The number of benzene rings is 1. The Kier molecular flexibility index (Phi) is 9.76. The molecule has 0 saturated carbocycles. The van der Waals surface area contributed by atoms with E-state index in [4.69, 9.17) is 4.74 Å². The maximum absolute atomic E-state index is 12.2. The van der Waals surface area contributed by atoms with Gasteiger partial charge in [-0.25, -0.2) is 9.59 Å². The second-order valence-electron chi connectivity index (χ2n) is 5.99. The quantitative estimate of drug-likeness (QED) is 0.389. The summed E-state index contributed by atoms with van der Waals surface area (Å²) in [7, 11) is 0. The van der Waals surface area contributed by atoms with Gasteiger partial charge in [-0.1, -0.05) is 57.6 Å². The van der Waals surface area contributed by atoms with E-state index < -0.39 is 24.7 Å². The smallest absolute Gasteiger partial charge is 0.422 e. The fourth-order valence-corrected chi connectivity index (χ4v) is 2.37. The molecule has 4 nitrogen and oxygen atoms in total. The molecule has 1 rings (SSSR count). The van der Waals surface area contributed by atoms with Crippen LogP contribution in [-0.4, -0.2) is 31.3 Å². The topological polar surface area (TPSA) is 52.6 Å². The summed E-state index contributed by atoms with van der Waals surface area (Å²) >= 11 is 0. The highest BCUT2D eigenvalue weighted by molar-refractivity contribution is 6.03. The van der Waals surface area contributed by atoms with Crippen molar-refractivity contribution in [1.29, 1.82) is 0 Å². The Morgan fingerprint density at radius 3 is 1.88 bits per heavy atom. The molecule has 1 aromatic carbocycles. The Bertz CT molecular complexity index is 570. The van der Waals surface area contributed by atoms with Crippen molar-refractivity contribution in [2.24, 2.45) is 0 Å². The van der Waals surface area contributed by atoms with Gasteiger partial charge in [-0.2, -0.15) is 13.2 Å². The van der Waals surface area contributed by atoms with Crippen LogP contribution in [0.5, 0.6) is 0 Å². The molecule has 0 atom stereocenters. The number of halogens is 3. The maximum Gasteiger partial charge on any atom is 0.422 e. The van der Waals surface area contributed by atoms with Crippen LogP contribution in [0.2, 0.25) is 0 Å². The van der Waals surface area contributed by atoms with Crippen molar-refractivity contribution in [2.45, 2.75) is 58.0 Å². The highest BCUT2D eigenvalue weighted by Crippen LogP contribution is 2.18. The molecule has 0 heterocycles. The largest absolute Gasteiger partial charge is 0.462 e. The molecule has 0 aliphatic heterocycles. The molecular formula is C19H25F3O4. The van der Waals surface area contributed by atoms with Gasteiger partial charge in [-0.3, -0.25) is 0 Å². The number of carbonyl (C=O) groups is 2. The summed E-state index contributed by atoms with van der Waals surface area (Å²) in [6.07, 6.45) is 2.84. The van der Waals surface area contributed by atoms with Gasteiger partial charge in [-0.05, 0) is 18.6 Å². The van der Waals surface area contributed by atoms with E-state index in [0.29, 0.717) is 6.42 Å². The van der Waals surface area contributed by atoms with Crippen LogP contribution in [-0.2, 0) is 9.47 Å². The van der Waals surface area contributed by atoms with E-state index in [0.717, 1.165) is 19.3 Å².